The Morgan fingerprint density at radius 2 is 1.69 bits per heavy atom. The van der Waals surface area contributed by atoms with Gasteiger partial charge in [-0.1, -0.05) is 26.2 Å². The monoisotopic (exact) mass is 233 g/mol. The fourth-order valence-corrected chi connectivity index (χ4v) is 1.01. The van der Waals surface area contributed by atoms with Crippen molar-refractivity contribution in [3.63, 3.8) is 0 Å². The SMILES string of the molecule is CCCCCCOC(=O)COC(=O)CON. The topological polar surface area (TPSA) is 87.8 Å². The van der Waals surface area contributed by atoms with E-state index in [1.54, 1.807) is 0 Å². The van der Waals surface area contributed by atoms with Crippen molar-refractivity contribution < 1.29 is 23.9 Å². The summed E-state index contributed by atoms with van der Waals surface area (Å²) in [7, 11) is 0. The Hall–Kier alpha value is -1.14. The van der Waals surface area contributed by atoms with Crippen LogP contribution in [-0.4, -0.2) is 31.8 Å². The number of unbranched alkanes of at least 4 members (excludes halogenated alkanes) is 3. The van der Waals surface area contributed by atoms with E-state index < -0.39 is 18.5 Å². The highest BCUT2D eigenvalue weighted by atomic mass is 16.6. The molecule has 0 rings (SSSR count). The first-order chi connectivity index (χ1) is 7.70. The van der Waals surface area contributed by atoms with Crippen molar-refractivity contribution in [3.8, 4) is 0 Å². The largest absolute Gasteiger partial charge is 0.463 e. The van der Waals surface area contributed by atoms with Gasteiger partial charge in [0, 0.05) is 0 Å². The second kappa shape index (κ2) is 10.4. The number of hydrogen-bond donors (Lipinski definition) is 1. The van der Waals surface area contributed by atoms with E-state index in [-0.39, 0.29) is 6.61 Å². The van der Waals surface area contributed by atoms with Gasteiger partial charge in [0.1, 0.15) is 0 Å². The molecular formula is C10H19NO5. The smallest absolute Gasteiger partial charge is 0.344 e. The van der Waals surface area contributed by atoms with Crippen molar-refractivity contribution in [1.29, 1.82) is 0 Å². The predicted molar refractivity (Wildman–Crippen MR) is 56.2 cm³/mol. The first-order valence-electron chi connectivity index (χ1n) is 5.33. The molecule has 0 spiro atoms. The molecular weight excluding hydrogens is 214 g/mol. The molecule has 0 aliphatic heterocycles. The number of rotatable bonds is 9. The highest BCUT2D eigenvalue weighted by Gasteiger charge is 2.07. The minimum Gasteiger partial charge on any atom is -0.463 e. The second-order valence-corrected chi connectivity index (χ2v) is 3.25. The lowest BCUT2D eigenvalue weighted by Crippen LogP contribution is -2.21. The lowest BCUT2D eigenvalue weighted by Gasteiger charge is -2.05. The molecule has 0 amide bonds. The van der Waals surface area contributed by atoms with Crippen LogP contribution in [0.2, 0.25) is 0 Å². The molecule has 0 saturated carbocycles. The molecule has 0 unspecified atom stereocenters. The van der Waals surface area contributed by atoms with Gasteiger partial charge < -0.3 is 9.47 Å². The van der Waals surface area contributed by atoms with Crippen LogP contribution in [0, 0.1) is 0 Å². The van der Waals surface area contributed by atoms with E-state index >= 15 is 0 Å². The maximum Gasteiger partial charge on any atom is 0.344 e. The standard InChI is InChI=1S/C10H19NO5/c1-2-3-4-5-6-14-9(12)7-15-10(13)8-16-11/h2-8,11H2,1H3. The Morgan fingerprint density at radius 3 is 2.31 bits per heavy atom. The first kappa shape index (κ1) is 14.9. The summed E-state index contributed by atoms with van der Waals surface area (Å²) in [5.74, 6) is 3.40. The molecule has 0 aromatic carbocycles. The van der Waals surface area contributed by atoms with Gasteiger partial charge in [0.05, 0.1) is 6.61 Å². The highest BCUT2D eigenvalue weighted by Crippen LogP contribution is 1.99. The minimum atomic E-state index is -0.689. The number of ether oxygens (including phenoxy) is 2. The van der Waals surface area contributed by atoms with Gasteiger partial charge in [-0.2, -0.15) is 0 Å². The molecule has 0 saturated heterocycles. The molecule has 6 nitrogen and oxygen atoms in total. The molecule has 0 radical (unpaired) electrons. The van der Waals surface area contributed by atoms with E-state index in [1.807, 2.05) is 0 Å². The third-order valence-electron chi connectivity index (χ3n) is 1.81. The van der Waals surface area contributed by atoms with Gasteiger partial charge in [0.15, 0.2) is 13.2 Å². The number of carbonyl (C=O) groups excluding carboxylic acids is 2. The summed E-state index contributed by atoms with van der Waals surface area (Å²) in [5, 5.41) is 0. The molecule has 6 heteroatoms. The summed E-state index contributed by atoms with van der Waals surface area (Å²) < 4.78 is 9.33. The Bertz CT molecular complexity index is 207. The average molecular weight is 233 g/mol. The zero-order chi connectivity index (χ0) is 12.2. The van der Waals surface area contributed by atoms with E-state index in [2.05, 4.69) is 22.4 Å². The van der Waals surface area contributed by atoms with E-state index in [0.29, 0.717) is 6.61 Å². The van der Waals surface area contributed by atoms with Crippen LogP contribution in [-0.2, 0) is 23.9 Å². The summed E-state index contributed by atoms with van der Waals surface area (Å²) >= 11 is 0. The number of hydrogen-bond acceptors (Lipinski definition) is 6. The van der Waals surface area contributed by atoms with Crippen molar-refractivity contribution in [2.45, 2.75) is 32.6 Å². The van der Waals surface area contributed by atoms with Gasteiger partial charge in [-0.05, 0) is 6.42 Å². The minimum absolute atomic E-state index is 0.365. The van der Waals surface area contributed by atoms with Crippen LogP contribution in [0.3, 0.4) is 0 Å². The van der Waals surface area contributed by atoms with Crippen molar-refractivity contribution in [2.75, 3.05) is 19.8 Å². The number of nitrogens with two attached hydrogens (primary N) is 1. The number of carbonyl (C=O) groups is 2. The van der Waals surface area contributed by atoms with Crippen LogP contribution < -0.4 is 5.90 Å². The zero-order valence-corrected chi connectivity index (χ0v) is 9.57. The predicted octanol–water partition coefficient (Wildman–Crippen LogP) is 0.543. The molecule has 0 aliphatic rings. The van der Waals surface area contributed by atoms with Gasteiger partial charge in [0.2, 0.25) is 0 Å². The van der Waals surface area contributed by atoms with Gasteiger partial charge in [-0.15, -0.1) is 0 Å². The Kier molecular flexibility index (Phi) is 9.64. The van der Waals surface area contributed by atoms with Crippen molar-refractivity contribution in [2.24, 2.45) is 5.90 Å². The van der Waals surface area contributed by atoms with Crippen LogP contribution in [0.4, 0.5) is 0 Å². The fourth-order valence-electron chi connectivity index (χ4n) is 1.01. The van der Waals surface area contributed by atoms with Gasteiger partial charge in [0.25, 0.3) is 0 Å². The summed E-state index contributed by atoms with van der Waals surface area (Å²) in [6.45, 7) is 1.70. The van der Waals surface area contributed by atoms with Crippen LogP contribution in [0.25, 0.3) is 0 Å². The first-order valence-corrected chi connectivity index (χ1v) is 5.33. The average Bonchev–Trinajstić information content (AvgIpc) is 2.26. The van der Waals surface area contributed by atoms with Crippen molar-refractivity contribution in [1.82, 2.24) is 0 Å². The normalized spacial score (nSPS) is 9.88. The molecule has 0 heterocycles. The second-order valence-electron chi connectivity index (χ2n) is 3.25. The van der Waals surface area contributed by atoms with Gasteiger partial charge in [-0.25, -0.2) is 15.5 Å². The highest BCUT2D eigenvalue weighted by molar-refractivity contribution is 5.76. The number of esters is 2. The Balaban J connectivity index is 3.34. The lowest BCUT2D eigenvalue weighted by atomic mass is 10.2. The fraction of sp³-hybridized carbons (Fsp3) is 0.800. The summed E-state index contributed by atoms with van der Waals surface area (Å²) in [5.41, 5.74) is 0. The van der Waals surface area contributed by atoms with Crippen LogP contribution >= 0.6 is 0 Å². The van der Waals surface area contributed by atoms with Gasteiger partial charge >= 0.3 is 11.9 Å². The lowest BCUT2D eigenvalue weighted by molar-refractivity contribution is -0.161. The molecule has 0 aromatic heterocycles. The Morgan fingerprint density at radius 1 is 1.00 bits per heavy atom. The molecule has 0 bridgehead atoms. The van der Waals surface area contributed by atoms with E-state index in [1.165, 1.54) is 0 Å². The zero-order valence-electron chi connectivity index (χ0n) is 9.57. The quantitative estimate of drug-likeness (QED) is 0.355. The van der Waals surface area contributed by atoms with Crippen molar-refractivity contribution >= 4 is 11.9 Å². The van der Waals surface area contributed by atoms with Gasteiger partial charge in [-0.3, -0.25) is 4.84 Å². The summed E-state index contributed by atoms with van der Waals surface area (Å²) in [6, 6.07) is 0. The summed E-state index contributed by atoms with van der Waals surface area (Å²) in [6.07, 6.45) is 4.12. The van der Waals surface area contributed by atoms with E-state index in [4.69, 9.17) is 4.74 Å². The maximum absolute atomic E-state index is 11.0. The molecule has 16 heavy (non-hydrogen) atoms. The molecule has 2 N–H and O–H groups in total. The van der Waals surface area contributed by atoms with E-state index in [9.17, 15) is 9.59 Å². The molecule has 0 aromatic rings. The molecule has 94 valence electrons. The Labute approximate surface area is 95.0 Å². The van der Waals surface area contributed by atoms with Crippen molar-refractivity contribution in [3.05, 3.63) is 0 Å². The molecule has 0 fully saturated rings. The van der Waals surface area contributed by atoms with Crippen LogP contribution in [0.1, 0.15) is 32.6 Å². The molecule has 0 atom stereocenters. The van der Waals surface area contributed by atoms with Crippen LogP contribution in [0.15, 0.2) is 0 Å². The molecule has 0 aliphatic carbocycles. The van der Waals surface area contributed by atoms with E-state index in [0.717, 1.165) is 25.7 Å². The summed E-state index contributed by atoms with van der Waals surface area (Å²) in [4.78, 5) is 25.8. The maximum atomic E-state index is 11.0. The van der Waals surface area contributed by atoms with Crippen LogP contribution in [0.5, 0.6) is 0 Å². The third-order valence-corrected chi connectivity index (χ3v) is 1.81. The third kappa shape index (κ3) is 9.42.